The van der Waals surface area contributed by atoms with Crippen LogP contribution in [0.3, 0.4) is 0 Å². The maximum atomic E-state index is 12.9. The van der Waals surface area contributed by atoms with Crippen LogP contribution in [0.2, 0.25) is 0 Å². The lowest BCUT2D eigenvalue weighted by atomic mass is 10.1. The molecule has 8 nitrogen and oxygen atoms in total. The second-order valence-electron chi connectivity index (χ2n) is 8.83. The van der Waals surface area contributed by atoms with Crippen LogP contribution in [0.4, 0.5) is 0 Å². The Balaban J connectivity index is 1.15. The van der Waals surface area contributed by atoms with Crippen molar-refractivity contribution in [3.63, 3.8) is 0 Å². The molecule has 4 heterocycles. The SMILES string of the molecule is Cc1nc2c(C#N)cnn2c(C)c1CCC(=O)N1CCN(Cc2csc(-c3ccccc3)n2)CC1. The van der Waals surface area contributed by atoms with Crippen LogP contribution in [-0.4, -0.2) is 61.5 Å². The minimum atomic E-state index is 0.168. The Morgan fingerprint density at radius 3 is 2.63 bits per heavy atom. The minimum Gasteiger partial charge on any atom is -0.340 e. The van der Waals surface area contributed by atoms with E-state index in [0.29, 0.717) is 24.1 Å². The first-order valence-corrected chi connectivity index (χ1v) is 12.7. The van der Waals surface area contributed by atoms with Gasteiger partial charge in [-0.2, -0.15) is 10.4 Å². The Labute approximate surface area is 208 Å². The maximum absolute atomic E-state index is 12.9. The van der Waals surface area contributed by atoms with Gasteiger partial charge in [-0.25, -0.2) is 14.5 Å². The second-order valence-corrected chi connectivity index (χ2v) is 9.69. The summed E-state index contributed by atoms with van der Waals surface area (Å²) in [6, 6.07) is 12.4. The summed E-state index contributed by atoms with van der Waals surface area (Å²) in [6.07, 6.45) is 2.59. The standard InChI is InChI=1S/C26H27N7OS/c1-18-23(19(2)33-25(29-18)21(14-27)15-28-33)8-9-24(34)32-12-10-31(11-13-32)16-22-17-35-26(30-22)20-6-4-3-5-7-20/h3-7,15,17H,8-13,16H2,1-2H3. The fourth-order valence-electron chi connectivity index (χ4n) is 4.62. The van der Waals surface area contributed by atoms with Gasteiger partial charge in [-0.15, -0.1) is 11.3 Å². The molecule has 1 aromatic carbocycles. The van der Waals surface area contributed by atoms with E-state index in [2.05, 4.69) is 38.6 Å². The molecular formula is C26H27N7OS. The summed E-state index contributed by atoms with van der Waals surface area (Å²) in [4.78, 5) is 26.6. The number of fused-ring (bicyclic) bond motifs is 1. The summed E-state index contributed by atoms with van der Waals surface area (Å²) in [6.45, 7) is 7.86. The smallest absolute Gasteiger partial charge is 0.222 e. The van der Waals surface area contributed by atoms with Gasteiger partial charge in [0.15, 0.2) is 5.65 Å². The third-order valence-corrected chi connectivity index (χ3v) is 7.54. The molecule has 1 aliphatic rings. The second kappa shape index (κ2) is 9.94. The summed E-state index contributed by atoms with van der Waals surface area (Å²) in [5.74, 6) is 0.168. The van der Waals surface area contributed by atoms with Gasteiger partial charge in [-0.05, 0) is 25.8 Å². The molecule has 1 fully saturated rings. The molecule has 0 bridgehead atoms. The Bertz CT molecular complexity index is 1390. The van der Waals surface area contributed by atoms with Gasteiger partial charge in [0.05, 0.1) is 11.9 Å². The number of amides is 1. The Kier molecular flexibility index (Phi) is 6.57. The van der Waals surface area contributed by atoms with E-state index < -0.39 is 0 Å². The lowest BCUT2D eigenvalue weighted by Gasteiger charge is -2.34. The summed E-state index contributed by atoms with van der Waals surface area (Å²) in [7, 11) is 0. The van der Waals surface area contributed by atoms with Crippen molar-refractivity contribution < 1.29 is 4.79 Å². The maximum Gasteiger partial charge on any atom is 0.222 e. The fourth-order valence-corrected chi connectivity index (χ4v) is 5.44. The average Bonchev–Trinajstić information content (AvgIpc) is 3.52. The Morgan fingerprint density at radius 2 is 1.89 bits per heavy atom. The van der Waals surface area contributed by atoms with Crippen molar-refractivity contribution in [2.24, 2.45) is 0 Å². The molecule has 4 aromatic rings. The third-order valence-electron chi connectivity index (χ3n) is 6.60. The number of rotatable bonds is 6. The van der Waals surface area contributed by atoms with Crippen LogP contribution in [-0.2, 0) is 17.8 Å². The molecule has 0 atom stereocenters. The summed E-state index contributed by atoms with van der Waals surface area (Å²) in [5, 5.41) is 16.7. The van der Waals surface area contributed by atoms with Crippen LogP contribution in [0.15, 0.2) is 41.9 Å². The number of hydrogen-bond acceptors (Lipinski definition) is 7. The molecule has 0 aliphatic carbocycles. The molecule has 35 heavy (non-hydrogen) atoms. The number of piperazine rings is 1. The van der Waals surface area contributed by atoms with Gasteiger partial charge in [0.2, 0.25) is 5.91 Å². The van der Waals surface area contributed by atoms with E-state index >= 15 is 0 Å². The van der Waals surface area contributed by atoms with Gasteiger partial charge >= 0.3 is 0 Å². The molecule has 5 rings (SSSR count). The predicted molar refractivity (Wildman–Crippen MR) is 135 cm³/mol. The number of aromatic nitrogens is 4. The highest BCUT2D eigenvalue weighted by Crippen LogP contribution is 2.24. The molecule has 178 valence electrons. The first-order valence-electron chi connectivity index (χ1n) is 11.8. The number of nitriles is 1. The van der Waals surface area contributed by atoms with Crippen LogP contribution in [0.5, 0.6) is 0 Å². The van der Waals surface area contributed by atoms with Crippen molar-refractivity contribution in [3.8, 4) is 16.6 Å². The van der Waals surface area contributed by atoms with Crippen LogP contribution < -0.4 is 0 Å². The van der Waals surface area contributed by atoms with Crippen molar-refractivity contribution >= 4 is 22.9 Å². The van der Waals surface area contributed by atoms with Crippen LogP contribution in [0.1, 0.15) is 34.6 Å². The molecule has 0 unspecified atom stereocenters. The summed E-state index contributed by atoms with van der Waals surface area (Å²) >= 11 is 1.68. The highest BCUT2D eigenvalue weighted by molar-refractivity contribution is 7.13. The van der Waals surface area contributed by atoms with Gasteiger partial charge < -0.3 is 4.90 Å². The van der Waals surface area contributed by atoms with Gasteiger partial charge in [0.1, 0.15) is 16.6 Å². The highest BCUT2D eigenvalue weighted by atomic mass is 32.1. The van der Waals surface area contributed by atoms with E-state index in [1.165, 1.54) is 6.20 Å². The Hall–Kier alpha value is -3.61. The number of hydrogen-bond donors (Lipinski definition) is 0. The lowest BCUT2D eigenvalue weighted by Crippen LogP contribution is -2.48. The van der Waals surface area contributed by atoms with Crippen molar-refractivity contribution in [1.82, 2.24) is 29.4 Å². The molecule has 0 N–H and O–H groups in total. The zero-order chi connectivity index (χ0) is 24.4. The van der Waals surface area contributed by atoms with E-state index in [0.717, 1.165) is 65.9 Å². The predicted octanol–water partition coefficient (Wildman–Crippen LogP) is 3.62. The van der Waals surface area contributed by atoms with E-state index in [-0.39, 0.29) is 5.91 Å². The van der Waals surface area contributed by atoms with Gasteiger partial charge in [-0.3, -0.25) is 9.69 Å². The molecule has 0 saturated carbocycles. The number of benzene rings is 1. The number of nitrogens with zero attached hydrogens (tertiary/aromatic N) is 7. The molecule has 9 heteroatoms. The van der Waals surface area contributed by atoms with E-state index in [9.17, 15) is 10.1 Å². The van der Waals surface area contributed by atoms with E-state index in [1.807, 2.05) is 36.9 Å². The van der Waals surface area contributed by atoms with E-state index in [1.54, 1.807) is 15.9 Å². The number of thiazole rings is 1. The first-order chi connectivity index (χ1) is 17.0. The molecular weight excluding hydrogens is 458 g/mol. The zero-order valence-corrected chi connectivity index (χ0v) is 20.8. The quantitative estimate of drug-likeness (QED) is 0.414. The molecule has 1 saturated heterocycles. The number of aryl methyl sites for hydroxylation is 2. The molecule has 3 aromatic heterocycles. The van der Waals surface area contributed by atoms with E-state index in [4.69, 9.17) is 4.98 Å². The monoisotopic (exact) mass is 485 g/mol. The Morgan fingerprint density at radius 1 is 1.11 bits per heavy atom. The first kappa shape index (κ1) is 23.1. The van der Waals surface area contributed by atoms with Gasteiger partial charge in [-0.1, -0.05) is 30.3 Å². The normalized spacial score (nSPS) is 14.4. The van der Waals surface area contributed by atoms with Crippen molar-refractivity contribution in [3.05, 3.63) is 70.1 Å². The van der Waals surface area contributed by atoms with Crippen molar-refractivity contribution in [2.45, 2.75) is 33.2 Å². The minimum absolute atomic E-state index is 0.168. The summed E-state index contributed by atoms with van der Waals surface area (Å²) < 4.78 is 1.70. The number of carbonyl (C=O) groups is 1. The van der Waals surface area contributed by atoms with Gasteiger partial charge in [0, 0.05) is 61.5 Å². The molecule has 0 radical (unpaired) electrons. The lowest BCUT2D eigenvalue weighted by molar-refractivity contribution is -0.133. The largest absolute Gasteiger partial charge is 0.340 e. The third kappa shape index (κ3) is 4.81. The molecule has 0 spiro atoms. The highest BCUT2D eigenvalue weighted by Gasteiger charge is 2.22. The van der Waals surface area contributed by atoms with Crippen molar-refractivity contribution in [2.75, 3.05) is 26.2 Å². The summed E-state index contributed by atoms with van der Waals surface area (Å²) in [5.41, 5.74) is 6.08. The van der Waals surface area contributed by atoms with Crippen LogP contribution >= 0.6 is 11.3 Å². The van der Waals surface area contributed by atoms with Crippen LogP contribution in [0, 0.1) is 25.2 Å². The molecule has 1 aliphatic heterocycles. The molecule has 1 amide bonds. The topological polar surface area (TPSA) is 90.4 Å². The van der Waals surface area contributed by atoms with Gasteiger partial charge in [0.25, 0.3) is 0 Å². The average molecular weight is 486 g/mol. The van der Waals surface area contributed by atoms with Crippen molar-refractivity contribution in [1.29, 1.82) is 5.26 Å². The van der Waals surface area contributed by atoms with Crippen LogP contribution in [0.25, 0.3) is 16.2 Å². The zero-order valence-electron chi connectivity index (χ0n) is 19.9. The number of carbonyl (C=O) groups excluding carboxylic acids is 1. The fraction of sp³-hybridized carbons (Fsp3) is 0.346.